The van der Waals surface area contributed by atoms with Crippen LogP contribution in [-0.2, 0) is 6.42 Å². The number of hydrogen-bond donors (Lipinski definition) is 1. The first-order chi connectivity index (χ1) is 5.88. The van der Waals surface area contributed by atoms with Gasteiger partial charge in [0.1, 0.15) is 0 Å². The van der Waals surface area contributed by atoms with Crippen LogP contribution in [0.15, 0.2) is 24.3 Å². The maximum Gasteiger partial charge on any atom is 0.0269 e. The van der Waals surface area contributed by atoms with E-state index in [4.69, 9.17) is 0 Å². The summed E-state index contributed by atoms with van der Waals surface area (Å²) in [4.78, 5) is 0. The van der Waals surface area contributed by atoms with E-state index in [0.717, 1.165) is 0 Å². The highest BCUT2D eigenvalue weighted by Crippen LogP contribution is 2.32. The fourth-order valence-electron chi connectivity index (χ4n) is 1.90. The fourth-order valence-corrected chi connectivity index (χ4v) is 2.33. The van der Waals surface area contributed by atoms with Crippen molar-refractivity contribution in [2.75, 3.05) is 0 Å². The summed E-state index contributed by atoms with van der Waals surface area (Å²) in [5, 5.41) is 0.476. The number of benzene rings is 1. The lowest BCUT2D eigenvalue weighted by atomic mass is 10.0. The topological polar surface area (TPSA) is 0 Å². The molecule has 1 aromatic carbocycles. The molecule has 1 aromatic rings. The van der Waals surface area contributed by atoms with Gasteiger partial charge in [0.2, 0.25) is 0 Å². The number of thiol groups is 1. The highest BCUT2D eigenvalue weighted by molar-refractivity contribution is 7.80. The van der Waals surface area contributed by atoms with Gasteiger partial charge < -0.3 is 0 Å². The van der Waals surface area contributed by atoms with Crippen LogP contribution in [0.4, 0.5) is 0 Å². The third-order valence-corrected chi connectivity index (χ3v) is 3.12. The molecule has 0 bridgehead atoms. The molecule has 0 aromatic heterocycles. The van der Waals surface area contributed by atoms with Gasteiger partial charge >= 0.3 is 0 Å². The van der Waals surface area contributed by atoms with Gasteiger partial charge in [-0.3, -0.25) is 0 Å². The van der Waals surface area contributed by atoms with Crippen molar-refractivity contribution in [3.8, 4) is 0 Å². The van der Waals surface area contributed by atoms with Crippen molar-refractivity contribution in [3.05, 3.63) is 35.4 Å². The lowest BCUT2D eigenvalue weighted by Gasteiger charge is -2.10. The zero-order valence-corrected chi connectivity index (χ0v) is 8.06. The van der Waals surface area contributed by atoms with Crippen LogP contribution in [0.3, 0.4) is 0 Å². The van der Waals surface area contributed by atoms with Crippen LogP contribution in [0, 0.1) is 0 Å². The molecule has 0 fully saturated rings. The molecule has 0 aliphatic heterocycles. The van der Waals surface area contributed by atoms with Crippen LogP contribution < -0.4 is 0 Å². The van der Waals surface area contributed by atoms with Gasteiger partial charge in [-0.25, -0.2) is 0 Å². The van der Waals surface area contributed by atoms with Gasteiger partial charge in [-0.15, -0.1) is 0 Å². The highest BCUT2D eigenvalue weighted by atomic mass is 32.1. The number of hydrogen-bond acceptors (Lipinski definition) is 1. The van der Waals surface area contributed by atoms with Gasteiger partial charge in [0, 0.05) is 5.25 Å². The molecular weight excluding hydrogens is 164 g/mol. The first kappa shape index (κ1) is 8.18. The van der Waals surface area contributed by atoms with Gasteiger partial charge in [-0.2, -0.15) is 12.6 Å². The molecule has 0 saturated carbocycles. The summed E-state index contributed by atoms with van der Waals surface area (Å²) < 4.78 is 0. The summed E-state index contributed by atoms with van der Waals surface area (Å²) in [6.07, 6.45) is 5.13. The van der Waals surface area contributed by atoms with Crippen LogP contribution in [0.5, 0.6) is 0 Å². The lowest BCUT2D eigenvalue weighted by Crippen LogP contribution is -1.92. The largest absolute Gasteiger partial charge is 0.171 e. The zero-order valence-electron chi connectivity index (χ0n) is 7.16. The van der Waals surface area contributed by atoms with Crippen molar-refractivity contribution in [2.24, 2.45) is 0 Å². The normalized spacial score (nSPS) is 22.9. The van der Waals surface area contributed by atoms with Crippen LogP contribution in [-0.4, -0.2) is 0 Å². The molecule has 64 valence electrons. The Morgan fingerprint density at radius 2 is 2.00 bits per heavy atom. The maximum absolute atomic E-state index is 4.61. The number of aryl methyl sites for hydroxylation is 1. The first-order valence-electron chi connectivity index (χ1n) is 4.64. The molecule has 0 amide bonds. The van der Waals surface area contributed by atoms with Crippen molar-refractivity contribution >= 4 is 12.6 Å². The minimum atomic E-state index is 0.476. The molecule has 0 radical (unpaired) electrons. The van der Waals surface area contributed by atoms with E-state index in [1.807, 2.05) is 0 Å². The van der Waals surface area contributed by atoms with E-state index in [1.54, 1.807) is 0 Å². The summed E-state index contributed by atoms with van der Waals surface area (Å²) in [6.45, 7) is 0. The van der Waals surface area contributed by atoms with E-state index in [2.05, 4.69) is 36.9 Å². The molecular formula is C11H14S. The molecule has 1 aliphatic rings. The van der Waals surface area contributed by atoms with Crippen LogP contribution >= 0.6 is 12.6 Å². The third kappa shape index (κ3) is 1.51. The van der Waals surface area contributed by atoms with Crippen LogP contribution in [0.2, 0.25) is 0 Å². The minimum absolute atomic E-state index is 0.476. The molecule has 0 heterocycles. The molecule has 1 aliphatic carbocycles. The summed E-state index contributed by atoms with van der Waals surface area (Å²) in [5.41, 5.74) is 2.97. The minimum Gasteiger partial charge on any atom is -0.171 e. The molecule has 1 heteroatoms. The monoisotopic (exact) mass is 178 g/mol. The molecule has 1 atom stereocenters. The second-order valence-electron chi connectivity index (χ2n) is 3.46. The Morgan fingerprint density at radius 1 is 1.17 bits per heavy atom. The molecule has 0 spiro atoms. The quantitative estimate of drug-likeness (QED) is 0.457. The van der Waals surface area contributed by atoms with Gasteiger partial charge in [0.15, 0.2) is 0 Å². The summed E-state index contributed by atoms with van der Waals surface area (Å²) >= 11 is 4.61. The van der Waals surface area contributed by atoms with E-state index >= 15 is 0 Å². The maximum atomic E-state index is 4.61. The Kier molecular flexibility index (Phi) is 2.40. The Morgan fingerprint density at radius 3 is 2.92 bits per heavy atom. The molecule has 0 N–H and O–H groups in total. The van der Waals surface area contributed by atoms with E-state index in [9.17, 15) is 0 Å². The van der Waals surface area contributed by atoms with Crippen molar-refractivity contribution in [3.63, 3.8) is 0 Å². The molecule has 1 unspecified atom stereocenters. The van der Waals surface area contributed by atoms with E-state index in [-0.39, 0.29) is 0 Å². The predicted molar refractivity (Wildman–Crippen MR) is 55.7 cm³/mol. The standard InChI is InChI=1S/C11H14S/c12-11-8-4-2-6-9-5-1-3-7-10(9)11/h1,3,5,7,11-12H,2,4,6,8H2. The molecule has 12 heavy (non-hydrogen) atoms. The Labute approximate surface area is 79.4 Å². The summed E-state index contributed by atoms with van der Waals surface area (Å²) in [7, 11) is 0. The van der Waals surface area contributed by atoms with E-state index in [0.29, 0.717) is 5.25 Å². The second kappa shape index (κ2) is 3.53. The smallest absolute Gasteiger partial charge is 0.0269 e. The van der Waals surface area contributed by atoms with Crippen LogP contribution in [0.25, 0.3) is 0 Å². The van der Waals surface area contributed by atoms with Gasteiger partial charge in [-0.05, 0) is 30.4 Å². The van der Waals surface area contributed by atoms with Gasteiger partial charge in [0.25, 0.3) is 0 Å². The van der Waals surface area contributed by atoms with Gasteiger partial charge in [-0.1, -0.05) is 30.7 Å². The predicted octanol–water partition coefficient (Wildman–Crippen LogP) is 3.38. The molecule has 0 saturated heterocycles. The van der Waals surface area contributed by atoms with Crippen molar-refractivity contribution in [1.82, 2.24) is 0 Å². The Balaban J connectivity index is 2.39. The molecule has 2 rings (SSSR count). The molecule has 0 nitrogen and oxygen atoms in total. The zero-order chi connectivity index (χ0) is 8.39. The summed E-state index contributed by atoms with van der Waals surface area (Å²) in [6, 6.07) is 8.71. The van der Waals surface area contributed by atoms with Crippen LogP contribution in [0.1, 0.15) is 35.6 Å². The average Bonchev–Trinajstić information content (AvgIpc) is 2.29. The van der Waals surface area contributed by atoms with Crippen molar-refractivity contribution < 1.29 is 0 Å². The number of fused-ring (bicyclic) bond motifs is 1. The number of rotatable bonds is 0. The van der Waals surface area contributed by atoms with Crippen molar-refractivity contribution in [1.29, 1.82) is 0 Å². The van der Waals surface area contributed by atoms with E-state index < -0.39 is 0 Å². The first-order valence-corrected chi connectivity index (χ1v) is 5.15. The summed E-state index contributed by atoms with van der Waals surface area (Å²) in [5.74, 6) is 0. The lowest BCUT2D eigenvalue weighted by molar-refractivity contribution is 0.706. The van der Waals surface area contributed by atoms with Crippen molar-refractivity contribution in [2.45, 2.75) is 30.9 Å². The third-order valence-electron chi connectivity index (χ3n) is 2.59. The second-order valence-corrected chi connectivity index (χ2v) is 4.08. The average molecular weight is 178 g/mol. The van der Waals surface area contributed by atoms with Gasteiger partial charge in [0.05, 0.1) is 0 Å². The SMILES string of the molecule is SC1CCCCc2ccccc21. The Hall–Kier alpha value is -0.430. The Bertz CT molecular complexity index is 267. The van der Waals surface area contributed by atoms with E-state index in [1.165, 1.54) is 36.8 Å². The fraction of sp³-hybridized carbons (Fsp3) is 0.455. The highest BCUT2D eigenvalue weighted by Gasteiger charge is 2.13.